The summed E-state index contributed by atoms with van der Waals surface area (Å²) in [6, 6.07) is 8.79. The SMILES string of the molecule is COC1CCC(C)(C)C(/C=C/C(C)=C/C=C/C(C)=C/C(=O)OCC(=O)c2ccccc2)=C1C. The molecule has 4 heteroatoms. The fourth-order valence-electron chi connectivity index (χ4n) is 3.94. The third-order valence-corrected chi connectivity index (χ3v) is 5.97. The second-order valence-corrected chi connectivity index (χ2v) is 9.13. The van der Waals surface area contributed by atoms with Gasteiger partial charge in [-0.15, -0.1) is 0 Å². The van der Waals surface area contributed by atoms with Gasteiger partial charge in [-0.1, -0.05) is 80.1 Å². The molecule has 0 heterocycles. The van der Waals surface area contributed by atoms with Crippen LogP contribution in [0.25, 0.3) is 0 Å². The van der Waals surface area contributed by atoms with Crippen LogP contribution in [0.3, 0.4) is 0 Å². The number of benzene rings is 1. The molecule has 0 saturated carbocycles. The van der Waals surface area contributed by atoms with Gasteiger partial charge in [0, 0.05) is 18.7 Å². The Kier molecular flexibility index (Phi) is 9.80. The minimum Gasteiger partial charge on any atom is -0.454 e. The molecule has 0 aliphatic heterocycles. The normalized spacial score (nSPS) is 19.4. The molecule has 0 aromatic heterocycles. The van der Waals surface area contributed by atoms with Crippen LogP contribution in [0.1, 0.15) is 57.8 Å². The molecule has 0 N–H and O–H groups in total. The van der Waals surface area contributed by atoms with Crippen LogP contribution >= 0.6 is 0 Å². The summed E-state index contributed by atoms with van der Waals surface area (Å²) in [6.07, 6.45) is 13.8. The van der Waals surface area contributed by atoms with Crippen molar-refractivity contribution in [3.05, 3.63) is 94.6 Å². The van der Waals surface area contributed by atoms with Crippen LogP contribution in [0.5, 0.6) is 0 Å². The molecule has 0 saturated heterocycles. The predicted molar refractivity (Wildman–Crippen MR) is 134 cm³/mol. The number of ketones is 1. The van der Waals surface area contributed by atoms with Crippen LogP contribution in [-0.4, -0.2) is 31.6 Å². The van der Waals surface area contributed by atoms with E-state index in [0.29, 0.717) is 5.56 Å². The molecule has 0 amide bonds. The van der Waals surface area contributed by atoms with Crippen molar-refractivity contribution >= 4 is 11.8 Å². The quantitative estimate of drug-likeness (QED) is 0.186. The van der Waals surface area contributed by atoms with Gasteiger partial charge in [-0.2, -0.15) is 0 Å². The molecular formula is C29H36O4. The Morgan fingerprint density at radius 1 is 1.09 bits per heavy atom. The first-order chi connectivity index (χ1) is 15.6. The van der Waals surface area contributed by atoms with Crippen LogP contribution < -0.4 is 0 Å². The van der Waals surface area contributed by atoms with Crippen LogP contribution in [-0.2, 0) is 14.3 Å². The van der Waals surface area contributed by atoms with Gasteiger partial charge in [0.25, 0.3) is 0 Å². The Labute approximate surface area is 198 Å². The van der Waals surface area contributed by atoms with Gasteiger partial charge in [-0.3, -0.25) is 4.79 Å². The summed E-state index contributed by atoms with van der Waals surface area (Å²) in [5, 5.41) is 0. The Morgan fingerprint density at radius 3 is 2.45 bits per heavy atom. The lowest BCUT2D eigenvalue weighted by molar-refractivity contribution is -0.136. The van der Waals surface area contributed by atoms with Gasteiger partial charge in [-0.25, -0.2) is 4.79 Å². The number of allylic oxidation sites excluding steroid dienone is 8. The molecule has 1 aromatic carbocycles. The number of hydrogen-bond acceptors (Lipinski definition) is 4. The molecule has 1 aromatic rings. The zero-order valence-electron chi connectivity index (χ0n) is 20.7. The Hall–Kier alpha value is -2.98. The lowest BCUT2D eigenvalue weighted by Crippen LogP contribution is -2.28. The summed E-state index contributed by atoms with van der Waals surface area (Å²) < 4.78 is 10.7. The number of hydrogen-bond donors (Lipinski definition) is 0. The van der Waals surface area contributed by atoms with E-state index in [0.717, 1.165) is 24.0 Å². The third-order valence-electron chi connectivity index (χ3n) is 5.97. The Bertz CT molecular complexity index is 988. The van der Waals surface area contributed by atoms with Gasteiger partial charge < -0.3 is 9.47 Å². The summed E-state index contributed by atoms with van der Waals surface area (Å²) in [4.78, 5) is 24.0. The smallest absolute Gasteiger partial charge is 0.331 e. The molecule has 1 aliphatic carbocycles. The molecular weight excluding hydrogens is 412 g/mol. The van der Waals surface area contributed by atoms with Crippen molar-refractivity contribution in [1.82, 2.24) is 0 Å². The lowest BCUT2D eigenvalue weighted by Gasteiger charge is -2.36. The van der Waals surface area contributed by atoms with E-state index in [1.54, 1.807) is 31.4 Å². The average Bonchev–Trinajstić information content (AvgIpc) is 2.77. The molecule has 1 unspecified atom stereocenters. The Balaban J connectivity index is 1.93. The molecule has 0 spiro atoms. The highest BCUT2D eigenvalue weighted by atomic mass is 16.5. The van der Waals surface area contributed by atoms with Crippen LogP contribution in [0.2, 0.25) is 0 Å². The monoisotopic (exact) mass is 448 g/mol. The molecule has 0 radical (unpaired) electrons. The van der Waals surface area contributed by atoms with Crippen molar-refractivity contribution in [1.29, 1.82) is 0 Å². The van der Waals surface area contributed by atoms with Gasteiger partial charge in [0.1, 0.15) is 0 Å². The highest BCUT2D eigenvalue weighted by Crippen LogP contribution is 2.41. The maximum Gasteiger partial charge on any atom is 0.331 e. The molecule has 176 valence electrons. The standard InChI is InChI=1S/C29H36O4/c1-21(15-16-25-23(3)27(32-6)17-18-29(25,4)5)11-10-12-22(2)19-28(31)33-20-26(30)24-13-8-7-9-14-24/h7-16,19,27H,17-18,20H2,1-6H3/b12-10+,16-15+,21-11+,22-19+. The van der Waals surface area contributed by atoms with Gasteiger partial charge >= 0.3 is 5.97 Å². The van der Waals surface area contributed by atoms with Crippen molar-refractivity contribution in [2.45, 2.75) is 53.6 Å². The van der Waals surface area contributed by atoms with Crippen molar-refractivity contribution in [3.63, 3.8) is 0 Å². The zero-order chi connectivity index (χ0) is 24.4. The molecule has 1 atom stereocenters. The number of ether oxygens (including phenoxy) is 2. The number of carbonyl (C=O) groups excluding carboxylic acids is 2. The number of esters is 1. The van der Waals surface area contributed by atoms with E-state index in [1.807, 2.05) is 38.1 Å². The number of methoxy groups -OCH3 is 1. The molecule has 33 heavy (non-hydrogen) atoms. The summed E-state index contributed by atoms with van der Waals surface area (Å²) in [5.41, 5.74) is 5.14. The van der Waals surface area contributed by atoms with Crippen molar-refractivity contribution in [2.24, 2.45) is 5.41 Å². The van der Waals surface area contributed by atoms with Crippen molar-refractivity contribution in [2.75, 3.05) is 13.7 Å². The second kappa shape index (κ2) is 12.3. The van der Waals surface area contributed by atoms with E-state index in [4.69, 9.17) is 9.47 Å². The van der Waals surface area contributed by atoms with E-state index < -0.39 is 5.97 Å². The largest absolute Gasteiger partial charge is 0.454 e. The Morgan fingerprint density at radius 2 is 1.79 bits per heavy atom. The fourth-order valence-corrected chi connectivity index (χ4v) is 3.94. The van der Waals surface area contributed by atoms with E-state index in [2.05, 4.69) is 32.9 Å². The van der Waals surface area contributed by atoms with Gasteiger partial charge in [0.2, 0.25) is 0 Å². The van der Waals surface area contributed by atoms with E-state index in [1.165, 1.54) is 17.2 Å². The number of carbonyl (C=O) groups is 2. The third kappa shape index (κ3) is 8.14. The highest BCUT2D eigenvalue weighted by molar-refractivity contribution is 5.98. The van der Waals surface area contributed by atoms with Crippen LogP contribution in [0.4, 0.5) is 0 Å². The minimum absolute atomic E-state index is 0.132. The number of rotatable bonds is 9. The van der Waals surface area contributed by atoms with Gasteiger partial charge in [-0.05, 0) is 55.7 Å². The van der Waals surface area contributed by atoms with Crippen molar-refractivity contribution in [3.8, 4) is 0 Å². The lowest BCUT2D eigenvalue weighted by atomic mass is 9.71. The maximum atomic E-state index is 12.0. The van der Waals surface area contributed by atoms with Gasteiger partial charge in [0.05, 0.1) is 6.10 Å². The molecule has 4 nitrogen and oxygen atoms in total. The first-order valence-electron chi connectivity index (χ1n) is 11.3. The van der Waals surface area contributed by atoms with E-state index in [9.17, 15) is 9.59 Å². The summed E-state index contributed by atoms with van der Waals surface area (Å²) in [7, 11) is 1.77. The predicted octanol–water partition coefficient (Wildman–Crippen LogP) is 6.57. The van der Waals surface area contributed by atoms with Crippen molar-refractivity contribution < 1.29 is 19.1 Å². The summed E-state index contributed by atoms with van der Waals surface area (Å²) >= 11 is 0. The summed E-state index contributed by atoms with van der Waals surface area (Å²) in [6.45, 7) is 10.3. The highest BCUT2D eigenvalue weighted by Gasteiger charge is 2.31. The first kappa shape index (κ1) is 26.3. The minimum atomic E-state index is -0.531. The second-order valence-electron chi connectivity index (χ2n) is 9.13. The van der Waals surface area contributed by atoms with Crippen LogP contribution in [0, 0.1) is 5.41 Å². The fraction of sp³-hybridized carbons (Fsp3) is 0.379. The molecule has 2 rings (SSSR count). The van der Waals surface area contributed by atoms with Gasteiger partial charge in [0.15, 0.2) is 12.4 Å². The summed E-state index contributed by atoms with van der Waals surface area (Å²) in [5.74, 6) is -0.754. The molecule has 0 fully saturated rings. The topological polar surface area (TPSA) is 52.6 Å². The zero-order valence-corrected chi connectivity index (χ0v) is 20.7. The average molecular weight is 449 g/mol. The molecule has 0 bridgehead atoms. The maximum absolute atomic E-state index is 12.0. The van der Waals surface area contributed by atoms with E-state index >= 15 is 0 Å². The number of Topliss-reactive ketones (excluding diaryl/α,β-unsaturated/α-hetero) is 1. The van der Waals surface area contributed by atoms with Crippen LogP contribution in [0.15, 0.2) is 89.1 Å². The first-order valence-corrected chi connectivity index (χ1v) is 11.3. The molecule has 1 aliphatic rings. The van der Waals surface area contributed by atoms with E-state index in [-0.39, 0.29) is 23.9 Å².